The SMILES string of the molecule is Cc1cc(Cl)cc2c(Cl)cc(C3CC3)nc12. The van der Waals surface area contributed by atoms with E-state index in [4.69, 9.17) is 28.2 Å². The lowest BCUT2D eigenvalue weighted by Gasteiger charge is -2.07. The number of hydrogen-bond acceptors (Lipinski definition) is 1. The molecule has 0 saturated heterocycles. The second-order valence-corrected chi connectivity index (χ2v) is 5.27. The first kappa shape index (κ1) is 10.4. The molecule has 0 spiro atoms. The summed E-state index contributed by atoms with van der Waals surface area (Å²) in [4.78, 5) is 4.70. The van der Waals surface area contributed by atoms with Crippen LogP contribution in [0.1, 0.15) is 30.0 Å². The maximum Gasteiger partial charge on any atom is 0.0750 e. The summed E-state index contributed by atoms with van der Waals surface area (Å²) in [5.74, 6) is 0.622. The highest BCUT2D eigenvalue weighted by molar-refractivity contribution is 6.36. The summed E-state index contributed by atoms with van der Waals surface area (Å²) >= 11 is 12.3. The van der Waals surface area contributed by atoms with E-state index < -0.39 is 0 Å². The number of aromatic nitrogens is 1. The highest BCUT2D eigenvalue weighted by atomic mass is 35.5. The van der Waals surface area contributed by atoms with E-state index in [1.807, 2.05) is 25.1 Å². The van der Waals surface area contributed by atoms with E-state index in [1.165, 1.54) is 12.8 Å². The Kier molecular flexibility index (Phi) is 2.34. The average molecular weight is 252 g/mol. The first-order valence-corrected chi connectivity index (χ1v) is 6.17. The van der Waals surface area contributed by atoms with Crippen LogP contribution in [0.2, 0.25) is 10.0 Å². The lowest BCUT2D eigenvalue weighted by Crippen LogP contribution is -1.91. The third-order valence-electron chi connectivity index (χ3n) is 3.03. The van der Waals surface area contributed by atoms with Crippen LogP contribution in [0.3, 0.4) is 0 Å². The topological polar surface area (TPSA) is 12.9 Å². The van der Waals surface area contributed by atoms with Gasteiger partial charge in [0, 0.05) is 22.0 Å². The van der Waals surface area contributed by atoms with Gasteiger partial charge in [0.05, 0.1) is 10.5 Å². The second-order valence-electron chi connectivity index (χ2n) is 4.42. The third-order valence-corrected chi connectivity index (χ3v) is 3.56. The van der Waals surface area contributed by atoms with Gasteiger partial charge in [0.1, 0.15) is 0 Å². The lowest BCUT2D eigenvalue weighted by atomic mass is 10.1. The predicted octanol–water partition coefficient (Wildman–Crippen LogP) is 4.73. The molecule has 1 aliphatic carbocycles. The van der Waals surface area contributed by atoms with Gasteiger partial charge in [-0.2, -0.15) is 0 Å². The van der Waals surface area contributed by atoms with Crippen LogP contribution in [-0.4, -0.2) is 4.98 Å². The molecule has 0 N–H and O–H groups in total. The Hall–Kier alpha value is -0.790. The molecule has 1 aromatic heterocycles. The van der Waals surface area contributed by atoms with Crippen molar-refractivity contribution in [3.05, 3.63) is 39.5 Å². The van der Waals surface area contributed by atoms with E-state index in [0.29, 0.717) is 10.9 Å². The van der Waals surface area contributed by atoms with Crippen LogP contribution >= 0.6 is 23.2 Å². The van der Waals surface area contributed by atoms with E-state index in [2.05, 4.69) is 0 Å². The molecule has 82 valence electrons. The van der Waals surface area contributed by atoms with Crippen LogP contribution in [0.5, 0.6) is 0 Å². The molecular weight excluding hydrogens is 241 g/mol. The summed E-state index contributed by atoms with van der Waals surface area (Å²) in [6, 6.07) is 5.80. The molecule has 3 rings (SSSR count). The van der Waals surface area contributed by atoms with Crippen molar-refractivity contribution in [2.75, 3.05) is 0 Å². The summed E-state index contributed by atoms with van der Waals surface area (Å²) in [6.07, 6.45) is 2.48. The van der Waals surface area contributed by atoms with Crippen molar-refractivity contribution in [3.63, 3.8) is 0 Å². The standard InChI is InChI=1S/C13H11Cl2N/c1-7-4-9(14)5-10-11(15)6-12(8-2-3-8)16-13(7)10/h4-6,8H,2-3H2,1H3. The summed E-state index contributed by atoms with van der Waals surface area (Å²) in [6.45, 7) is 2.02. The first-order chi connectivity index (χ1) is 7.65. The van der Waals surface area contributed by atoms with Crippen molar-refractivity contribution in [2.45, 2.75) is 25.7 Å². The molecule has 0 aliphatic heterocycles. The van der Waals surface area contributed by atoms with Crippen LogP contribution in [-0.2, 0) is 0 Å². The van der Waals surface area contributed by atoms with Gasteiger partial charge in [-0.3, -0.25) is 4.98 Å². The lowest BCUT2D eigenvalue weighted by molar-refractivity contribution is 1.04. The normalized spacial score (nSPS) is 15.7. The molecule has 1 aliphatic rings. The van der Waals surface area contributed by atoms with Crippen LogP contribution in [0.4, 0.5) is 0 Å². The molecule has 16 heavy (non-hydrogen) atoms. The highest BCUT2D eigenvalue weighted by Crippen LogP contribution is 2.41. The van der Waals surface area contributed by atoms with Gasteiger partial charge in [-0.1, -0.05) is 23.2 Å². The van der Waals surface area contributed by atoms with Gasteiger partial charge in [0.15, 0.2) is 0 Å². The summed E-state index contributed by atoms with van der Waals surface area (Å²) in [7, 11) is 0. The summed E-state index contributed by atoms with van der Waals surface area (Å²) < 4.78 is 0. The Balaban J connectivity index is 2.32. The molecule has 0 unspecified atom stereocenters. The molecule has 3 heteroatoms. The minimum absolute atomic E-state index is 0.622. The maximum absolute atomic E-state index is 6.28. The maximum atomic E-state index is 6.28. The van der Waals surface area contributed by atoms with Crippen molar-refractivity contribution in [2.24, 2.45) is 0 Å². The Bertz CT molecular complexity index is 574. The van der Waals surface area contributed by atoms with Crippen molar-refractivity contribution >= 4 is 34.1 Å². The van der Waals surface area contributed by atoms with Crippen molar-refractivity contribution in [3.8, 4) is 0 Å². The molecule has 0 radical (unpaired) electrons. The molecule has 1 heterocycles. The number of halogens is 2. The monoisotopic (exact) mass is 251 g/mol. The van der Waals surface area contributed by atoms with E-state index in [9.17, 15) is 0 Å². The van der Waals surface area contributed by atoms with E-state index in [1.54, 1.807) is 0 Å². The van der Waals surface area contributed by atoms with Crippen molar-refractivity contribution in [1.29, 1.82) is 0 Å². The zero-order valence-corrected chi connectivity index (χ0v) is 10.4. The van der Waals surface area contributed by atoms with Gasteiger partial charge in [0.25, 0.3) is 0 Å². The largest absolute Gasteiger partial charge is 0.252 e. The van der Waals surface area contributed by atoms with Gasteiger partial charge in [-0.25, -0.2) is 0 Å². The smallest absolute Gasteiger partial charge is 0.0750 e. The van der Waals surface area contributed by atoms with Crippen molar-refractivity contribution in [1.82, 2.24) is 4.98 Å². The van der Waals surface area contributed by atoms with Crippen LogP contribution < -0.4 is 0 Å². The molecule has 1 saturated carbocycles. The molecule has 1 aromatic carbocycles. The minimum Gasteiger partial charge on any atom is -0.252 e. The molecular formula is C13H11Cl2N. The van der Waals surface area contributed by atoms with Gasteiger partial charge in [0.2, 0.25) is 0 Å². The zero-order valence-electron chi connectivity index (χ0n) is 8.93. The van der Waals surface area contributed by atoms with Gasteiger partial charge < -0.3 is 0 Å². The molecule has 1 fully saturated rings. The number of hydrogen-bond donors (Lipinski definition) is 0. The number of rotatable bonds is 1. The fourth-order valence-electron chi connectivity index (χ4n) is 2.02. The third kappa shape index (κ3) is 1.68. The van der Waals surface area contributed by atoms with Crippen LogP contribution in [0.25, 0.3) is 10.9 Å². The van der Waals surface area contributed by atoms with Gasteiger partial charge in [-0.05, 0) is 43.5 Å². The fraction of sp³-hybridized carbons (Fsp3) is 0.308. The van der Waals surface area contributed by atoms with Crippen LogP contribution in [0, 0.1) is 6.92 Å². The predicted molar refractivity (Wildman–Crippen MR) is 68.5 cm³/mol. The number of pyridine rings is 1. The number of benzene rings is 1. The second kappa shape index (κ2) is 3.61. The molecule has 0 atom stereocenters. The summed E-state index contributed by atoms with van der Waals surface area (Å²) in [5, 5.41) is 2.43. The quantitative estimate of drug-likeness (QED) is 0.715. The van der Waals surface area contributed by atoms with E-state index >= 15 is 0 Å². The Morgan fingerprint density at radius 2 is 1.94 bits per heavy atom. The first-order valence-electron chi connectivity index (χ1n) is 5.41. The number of aryl methyl sites for hydroxylation is 1. The molecule has 0 bridgehead atoms. The molecule has 1 nitrogen and oxygen atoms in total. The Morgan fingerprint density at radius 3 is 2.62 bits per heavy atom. The zero-order chi connectivity index (χ0) is 11.3. The van der Waals surface area contributed by atoms with Gasteiger partial charge >= 0.3 is 0 Å². The van der Waals surface area contributed by atoms with E-state index in [-0.39, 0.29) is 0 Å². The fourth-order valence-corrected chi connectivity index (χ4v) is 2.55. The van der Waals surface area contributed by atoms with E-state index in [0.717, 1.165) is 27.2 Å². The minimum atomic E-state index is 0.622. The summed E-state index contributed by atoms with van der Waals surface area (Å²) in [5.41, 5.74) is 3.20. The Labute approximate surface area is 104 Å². The number of nitrogens with zero attached hydrogens (tertiary/aromatic N) is 1. The molecule has 2 aromatic rings. The van der Waals surface area contributed by atoms with Crippen molar-refractivity contribution < 1.29 is 0 Å². The average Bonchev–Trinajstić information content (AvgIpc) is 3.02. The highest BCUT2D eigenvalue weighted by Gasteiger charge is 2.26. The molecule has 0 amide bonds. The van der Waals surface area contributed by atoms with Crippen LogP contribution in [0.15, 0.2) is 18.2 Å². The number of fused-ring (bicyclic) bond motifs is 1. The van der Waals surface area contributed by atoms with Gasteiger partial charge in [-0.15, -0.1) is 0 Å². The Morgan fingerprint density at radius 1 is 1.19 bits per heavy atom.